The first-order valence-corrected chi connectivity index (χ1v) is 13.1. The van der Waals surface area contributed by atoms with E-state index in [0.717, 1.165) is 17.1 Å². The second-order valence-electron chi connectivity index (χ2n) is 9.31. The van der Waals surface area contributed by atoms with E-state index in [2.05, 4.69) is 31.8 Å². The molecule has 0 aliphatic heterocycles. The van der Waals surface area contributed by atoms with E-state index in [1.165, 1.54) is 29.7 Å². The van der Waals surface area contributed by atoms with Crippen molar-refractivity contribution in [3.63, 3.8) is 0 Å². The Bertz CT molecular complexity index is 1250. The molecule has 1 aromatic heterocycles. The summed E-state index contributed by atoms with van der Waals surface area (Å²) < 4.78 is 41.3. The van der Waals surface area contributed by atoms with E-state index in [4.69, 9.17) is 11.5 Å². The molecule has 13 heteroatoms. The number of alkyl halides is 3. The molecule has 9 nitrogen and oxygen atoms in total. The minimum absolute atomic E-state index is 0.134. The molecule has 0 spiro atoms. The standard InChI is InChI=1S/C26H31F3N6O3S/c1-3-32-19(23(30)20(36)14-17-7-6-8-18(13-17)38-26(27,28)29)9-4-5-10-22-34-35-24(39-22)33-21(37)15-25(31)12-11-16(25)2/h3,6-8,11-13,16,23H,1,4-5,9-10,14-15,30-31H2,2H3,(H,33,35,37)/t16-,23?,25?/m1/s1. The Morgan fingerprint density at radius 3 is 2.74 bits per heavy atom. The second kappa shape index (κ2) is 13.1. The Hall–Kier alpha value is -3.42. The van der Waals surface area contributed by atoms with Crippen molar-refractivity contribution in [2.45, 2.75) is 63.4 Å². The molecule has 1 aliphatic carbocycles. The maximum Gasteiger partial charge on any atom is 0.573 e. The fraction of sp³-hybridized carbons (Fsp3) is 0.423. The van der Waals surface area contributed by atoms with Gasteiger partial charge < -0.3 is 21.5 Å². The lowest BCUT2D eigenvalue weighted by atomic mass is 9.74. The SMILES string of the molecule is C=CN=C(CCCCc1nnc(NC(=O)CC2(N)C=C[C@H]2C)s1)C(N)C(=O)Cc1cccc(OC(F)(F)F)c1. The molecule has 0 saturated heterocycles. The molecule has 39 heavy (non-hydrogen) atoms. The number of ketones is 1. The summed E-state index contributed by atoms with van der Waals surface area (Å²) in [6.07, 6.45) is 2.61. The summed E-state index contributed by atoms with van der Waals surface area (Å²) >= 11 is 1.28. The van der Waals surface area contributed by atoms with Gasteiger partial charge in [-0.15, -0.1) is 23.4 Å². The predicted octanol–water partition coefficient (Wildman–Crippen LogP) is 4.11. The summed E-state index contributed by atoms with van der Waals surface area (Å²) in [5.74, 6) is -0.889. The number of nitrogens with zero attached hydrogens (tertiary/aromatic N) is 3. The number of hydrogen-bond acceptors (Lipinski definition) is 9. The van der Waals surface area contributed by atoms with Crippen molar-refractivity contribution in [2.75, 3.05) is 5.32 Å². The zero-order valence-electron chi connectivity index (χ0n) is 21.4. The number of benzene rings is 1. The van der Waals surface area contributed by atoms with Crippen molar-refractivity contribution in [3.8, 4) is 5.75 Å². The maximum atomic E-state index is 12.7. The van der Waals surface area contributed by atoms with Gasteiger partial charge in [0.1, 0.15) is 16.8 Å². The Labute approximate surface area is 228 Å². The molecule has 0 bridgehead atoms. The third kappa shape index (κ3) is 9.08. The van der Waals surface area contributed by atoms with Gasteiger partial charge in [-0.25, -0.2) is 0 Å². The normalized spacial score (nSPS) is 19.7. The van der Waals surface area contributed by atoms with Gasteiger partial charge in [0.25, 0.3) is 0 Å². The van der Waals surface area contributed by atoms with E-state index < -0.39 is 29.5 Å². The average Bonchev–Trinajstić information content (AvgIpc) is 3.30. The highest BCUT2D eigenvalue weighted by molar-refractivity contribution is 7.15. The molecule has 1 aliphatic rings. The summed E-state index contributed by atoms with van der Waals surface area (Å²) in [4.78, 5) is 29.2. The number of carbonyl (C=O) groups is 2. The summed E-state index contributed by atoms with van der Waals surface area (Å²) in [5.41, 5.74) is 12.4. The van der Waals surface area contributed by atoms with Crippen molar-refractivity contribution in [2.24, 2.45) is 22.4 Å². The molecule has 210 valence electrons. The number of anilines is 1. The Kier molecular flexibility index (Phi) is 10.1. The van der Waals surface area contributed by atoms with Crippen molar-refractivity contribution >= 4 is 33.9 Å². The molecular weight excluding hydrogens is 533 g/mol. The number of aliphatic imine (C=N–C) groups is 1. The lowest BCUT2D eigenvalue weighted by Crippen LogP contribution is -2.51. The second-order valence-corrected chi connectivity index (χ2v) is 10.4. The molecule has 1 amide bonds. The number of halogens is 3. The number of aromatic nitrogens is 2. The van der Waals surface area contributed by atoms with Crippen LogP contribution in [0.15, 0.2) is 54.2 Å². The fourth-order valence-electron chi connectivity index (χ4n) is 3.95. The largest absolute Gasteiger partial charge is 0.573 e. The third-order valence-electron chi connectivity index (χ3n) is 6.27. The van der Waals surface area contributed by atoms with E-state index in [9.17, 15) is 22.8 Å². The summed E-state index contributed by atoms with van der Waals surface area (Å²) in [5, 5.41) is 12.0. The summed E-state index contributed by atoms with van der Waals surface area (Å²) in [6.45, 7) is 5.53. The Morgan fingerprint density at radius 1 is 1.33 bits per heavy atom. The fourth-order valence-corrected chi connectivity index (χ4v) is 4.75. The van der Waals surface area contributed by atoms with Crippen LogP contribution in [0.1, 0.15) is 43.2 Å². The van der Waals surface area contributed by atoms with Crippen LogP contribution in [0.4, 0.5) is 18.3 Å². The first-order chi connectivity index (χ1) is 18.4. The third-order valence-corrected chi connectivity index (χ3v) is 7.17. The average molecular weight is 565 g/mol. The molecular formula is C26H31F3N6O3S. The van der Waals surface area contributed by atoms with Crippen LogP contribution in [0.5, 0.6) is 5.75 Å². The first-order valence-electron chi connectivity index (χ1n) is 12.3. The zero-order valence-corrected chi connectivity index (χ0v) is 22.2. The maximum absolute atomic E-state index is 12.7. The number of hydrogen-bond donors (Lipinski definition) is 3. The quantitative estimate of drug-likeness (QED) is 0.178. The van der Waals surface area contributed by atoms with E-state index >= 15 is 0 Å². The van der Waals surface area contributed by atoms with Crippen LogP contribution in [-0.2, 0) is 22.4 Å². The highest BCUT2D eigenvalue weighted by Crippen LogP contribution is 2.31. The van der Waals surface area contributed by atoms with Crippen LogP contribution < -0.4 is 21.5 Å². The highest BCUT2D eigenvalue weighted by atomic mass is 32.1. The van der Waals surface area contributed by atoms with Gasteiger partial charge in [0, 0.05) is 36.7 Å². The number of aryl methyl sites for hydroxylation is 1. The lowest BCUT2D eigenvalue weighted by Gasteiger charge is -2.37. The van der Waals surface area contributed by atoms with Crippen molar-refractivity contribution < 1.29 is 27.5 Å². The zero-order chi connectivity index (χ0) is 28.6. The van der Waals surface area contributed by atoms with Crippen molar-refractivity contribution in [1.82, 2.24) is 10.2 Å². The highest BCUT2D eigenvalue weighted by Gasteiger charge is 2.36. The minimum atomic E-state index is -4.83. The summed E-state index contributed by atoms with van der Waals surface area (Å²) in [6, 6.07) is 4.18. The van der Waals surface area contributed by atoms with E-state index in [1.54, 1.807) is 0 Å². The number of nitrogens with two attached hydrogens (primary N) is 2. The summed E-state index contributed by atoms with van der Waals surface area (Å²) in [7, 11) is 0. The van der Waals surface area contributed by atoms with Gasteiger partial charge in [0.05, 0.1) is 0 Å². The number of Topliss-reactive ketones (excluding diaryl/α,β-unsaturated/α-hetero) is 1. The molecule has 0 radical (unpaired) electrons. The van der Waals surface area contributed by atoms with Gasteiger partial charge in [-0.1, -0.05) is 49.1 Å². The van der Waals surface area contributed by atoms with Gasteiger partial charge >= 0.3 is 6.36 Å². The first kappa shape index (κ1) is 30.1. The molecule has 1 aromatic carbocycles. The van der Waals surface area contributed by atoms with E-state index in [1.807, 2.05) is 19.1 Å². The Balaban J connectivity index is 1.45. The molecule has 3 rings (SSSR count). The number of unbranched alkanes of at least 4 members (excludes halogenated alkanes) is 1. The van der Waals surface area contributed by atoms with Crippen LogP contribution in [0.25, 0.3) is 0 Å². The van der Waals surface area contributed by atoms with Crippen molar-refractivity contribution in [3.05, 3.63) is 59.8 Å². The van der Waals surface area contributed by atoms with Gasteiger partial charge in [-0.2, -0.15) is 0 Å². The van der Waals surface area contributed by atoms with Crippen molar-refractivity contribution in [1.29, 1.82) is 0 Å². The number of amides is 1. The molecule has 2 aromatic rings. The topological polar surface area (TPSA) is 146 Å². The molecule has 0 fully saturated rings. The molecule has 3 atom stereocenters. The predicted molar refractivity (Wildman–Crippen MR) is 143 cm³/mol. The van der Waals surface area contributed by atoms with E-state index in [-0.39, 0.29) is 24.7 Å². The van der Waals surface area contributed by atoms with Gasteiger partial charge in [-0.05, 0) is 42.9 Å². The van der Waals surface area contributed by atoms with E-state index in [0.29, 0.717) is 42.1 Å². The van der Waals surface area contributed by atoms with Crippen LogP contribution in [0, 0.1) is 5.92 Å². The molecule has 2 unspecified atom stereocenters. The van der Waals surface area contributed by atoms with Gasteiger partial charge in [-0.3, -0.25) is 14.6 Å². The smallest absolute Gasteiger partial charge is 0.406 e. The van der Waals surface area contributed by atoms with Crippen LogP contribution >= 0.6 is 11.3 Å². The minimum Gasteiger partial charge on any atom is -0.406 e. The van der Waals surface area contributed by atoms with Crippen LogP contribution in [0.2, 0.25) is 0 Å². The number of carbonyl (C=O) groups excluding carboxylic acids is 2. The number of rotatable bonds is 14. The molecule has 0 saturated carbocycles. The van der Waals surface area contributed by atoms with Gasteiger partial charge in [0.2, 0.25) is 11.0 Å². The van der Waals surface area contributed by atoms with Crippen LogP contribution in [0.3, 0.4) is 0 Å². The monoisotopic (exact) mass is 564 g/mol. The van der Waals surface area contributed by atoms with Crippen LogP contribution in [-0.4, -0.2) is 45.5 Å². The molecule has 1 heterocycles. The van der Waals surface area contributed by atoms with Gasteiger partial charge in [0.15, 0.2) is 5.78 Å². The molecule has 5 N–H and O–H groups in total. The Morgan fingerprint density at radius 2 is 2.10 bits per heavy atom. The number of nitrogens with one attached hydrogen (secondary N) is 1. The lowest BCUT2D eigenvalue weighted by molar-refractivity contribution is -0.274. The number of ether oxygens (including phenoxy) is 1.